The number of alkyl halides is 1. The number of hydrogen-bond acceptors (Lipinski definition) is 3. The molecule has 0 N–H and O–H groups in total. The van der Waals surface area contributed by atoms with Gasteiger partial charge in [0.15, 0.2) is 0 Å². The number of halogens is 1. The predicted octanol–water partition coefficient (Wildman–Crippen LogP) is 1.81. The minimum atomic E-state index is -3.21. The lowest BCUT2D eigenvalue weighted by Gasteiger charge is -2.15. The fourth-order valence-electron chi connectivity index (χ4n) is 1.21. The van der Waals surface area contributed by atoms with Crippen molar-refractivity contribution < 1.29 is 13.2 Å². The van der Waals surface area contributed by atoms with E-state index in [4.69, 9.17) is 4.74 Å². The van der Waals surface area contributed by atoms with Gasteiger partial charge in [0, 0.05) is 13.6 Å². The molecule has 0 atom stereocenters. The largest absolute Gasteiger partial charge is 0.497 e. The molecule has 0 heterocycles. The number of sulfonamides is 1. The van der Waals surface area contributed by atoms with E-state index in [9.17, 15) is 8.42 Å². The first-order chi connectivity index (χ1) is 7.49. The maximum absolute atomic E-state index is 11.5. The molecule has 6 heteroatoms. The summed E-state index contributed by atoms with van der Waals surface area (Å²) in [5.74, 6) is 0.724. The molecule has 0 saturated carbocycles. The molecule has 0 aliphatic carbocycles. The summed E-state index contributed by atoms with van der Waals surface area (Å²) >= 11 is 2.96. The molecule has 4 nitrogen and oxygen atoms in total. The highest BCUT2D eigenvalue weighted by molar-refractivity contribution is 9.10. The summed E-state index contributed by atoms with van der Waals surface area (Å²) in [6.07, 6.45) is 0. The average Bonchev–Trinajstić information content (AvgIpc) is 2.29. The van der Waals surface area contributed by atoms with Crippen molar-refractivity contribution in [2.75, 3.05) is 18.8 Å². The summed E-state index contributed by atoms with van der Waals surface area (Å²) in [5.41, 5.74) is 0.895. The summed E-state index contributed by atoms with van der Waals surface area (Å²) in [6.45, 7) is 0.338. The summed E-state index contributed by atoms with van der Waals surface area (Å²) in [7, 11) is -0.0737. The fraction of sp³-hybridized carbons (Fsp3) is 0.400. The molecule has 0 fully saturated rings. The molecule has 0 spiro atoms. The number of hydrogen-bond donors (Lipinski definition) is 0. The Kier molecular flexibility index (Phi) is 4.76. The molecule has 90 valence electrons. The van der Waals surface area contributed by atoms with Crippen LogP contribution in [0, 0.1) is 0 Å². The maximum atomic E-state index is 11.5. The van der Waals surface area contributed by atoms with Gasteiger partial charge in [0.25, 0.3) is 0 Å². The van der Waals surface area contributed by atoms with E-state index >= 15 is 0 Å². The quantitative estimate of drug-likeness (QED) is 0.779. The SMILES string of the molecule is COc1cccc(CN(C)S(=O)(=O)CBr)c1. The Morgan fingerprint density at radius 2 is 2.12 bits per heavy atom. The highest BCUT2D eigenvalue weighted by Gasteiger charge is 2.16. The van der Waals surface area contributed by atoms with Crippen LogP contribution >= 0.6 is 15.9 Å². The lowest BCUT2D eigenvalue weighted by Crippen LogP contribution is -2.26. The fourth-order valence-corrected chi connectivity index (χ4v) is 2.77. The zero-order chi connectivity index (χ0) is 12.2. The van der Waals surface area contributed by atoms with Crippen molar-refractivity contribution in [3.63, 3.8) is 0 Å². The van der Waals surface area contributed by atoms with Crippen LogP contribution in [0.5, 0.6) is 5.75 Å². The molecule has 1 rings (SSSR count). The first kappa shape index (κ1) is 13.5. The average molecular weight is 308 g/mol. The Bertz CT molecular complexity index is 447. The van der Waals surface area contributed by atoms with E-state index in [1.54, 1.807) is 14.2 Å². The summed E-state index contributed by atoms with van der Waals surface area (Å²) in [5, 5.41) is 0. The standard InChI is InChI=1S/C10H14BrNO3S/c1-12(16(13,14)8-11)7-9-4-3-5-10(6-9)15-2/h3-6H,7-8H2,1-2H3. The Morgan fingerprint density at radius 3 is 2.69 bits per heavy atom. The van der Waals surface area contributed by atoms with Gasteiger partial charge < -0.3 is 4.74 Å². The molecule has 0 unspecified atom stereocenters. The van der Waals surface area contributed by atoms with Gasteiger partial charge in [-0.05, 0) is 17.7 Å². The van der Waals surface area contributed by atoms with E-state index in [1.165, 1.54) is 4.31 Å². The monoisotopic (exact) mass is 307 g/mol. The minimum absolute atomic E-state index is 0.0690. The zero-order valence-corrected chi connectivity index (χ0v) is 11.6. The van der Waals surface area contributed by atoms with Crippen LogP contribution in [0.15, 0.2) is 24.3 Å². The summed E-state index contributed by atoms with van der Waals surface area (Å²) < 4.78 is 29.3. The van der Waals surface area contributed by atoms with Crippen LogP contribution in [-0.4, -0.2) is 31.5 Å². The molecule has 0 aliphatic rings. The molecule has 0 amide bonds. The van der Waals surface area contributed by atoms with Crippen LogP contribution in [0.3, 0.4) is 0 Å². The Morgan fingerprint density at radius 1 is 1.44 bits per heavy atom. The van der Waals surface area contributed by atoms with Crippen molar-refractivity contribution >= 4 is 26.0 Å². The van der Waals surface area contributed by atoms with E-state index in [-0.39, 0.29) is 4.66 Å². The third kappa shape index (κ3) is 3.47. The topological polar surface area (TPSA) is 46.6 Å². The van der Waals surface area contributed by atoms with Crippen molar-refractivity contribution in [2.24, 2.45) is 0 Å². The third-order valence-corrected chi connectivity index (χ3v) is 5.24. The predicted molar refractivity (Wildman–Crippen MR) is 67.2 cm³/mol. The molecular weight excluding hydrogens is 294 g/mol. The van der Waals surface area contributed by atoms with Crippen molar-refractivity contribution in [3.05, 3.63) is 29.8 Å². The number of rotatable bonds is 5. The number of methoxy groups -OCH3 is 1. The van der Waals surface area contributed by atoms with E-state index in [1.807, 2.05) is 24.3 Å². The normalized spacial score (nSPS) is 11.8. The van der Waals surface area contributed by atoms with Crippen LogP contribution in [0.25, 0.3) is 0 Å². The Hall–Kier alpha value is -0.590. The Labute approximate surface area is 104 Å². The van der Waals surface area contributed by atoms with Crippen LogP contribution in [0.1, 0.15) is 5.56 Å². The Balaban J connectivity index is 2.81. The van der Waals surface area contributed by atoms with Gasteiger partial charge in [0.05, 0.1) is 7.11 Å². The smallest absolute Gasteiger partial charge is 0.224 e. The highest BCUT2D eigenvalue weighted by Crippen LogP contribution is 2.15. The van der Waals surface area contributed by atoms with Crippen LogP contribution in [0.4, 0.5) is 0 Å². The molecule has 0 saturated heterocycles. The van der Waals surface area contributed by atoms with Gasteiger partial charge in [0.2, 0.25) is 10.0 Å². The van der Waals surface area contributed by atoms with Gasteiger partial charge >= 0.3 is 0 Å². The van der Waals surface area contributed by atoms with Gasteiger partial charge in [-0.2, -0.15) is 4.31 Å². The van der Waals surface area contributed by atoms with Gasteiger partial charge in [0.1, 0.15) is 10.4 Å². The second-order valence-electron chi connectivity index (χ2n) is 3.33. The third-order valence-electron chi connectivity index (χ3n) is 2.15. The molecule has 1 aromatic carbocycles. The second-order valence-corrected chi connectivity index (χ2v) is 6.71. The first-order valence-electron chi connectivity index (χ1n) is 4.62. The van der Waals surface area contributed by atoms with Crippen LogP contribution < -0.4 is 4.74 Å². The van der Waals surface area contributed by atoms with E-state index in [0.717, 1.165) is 11.3 Å². The van der Waals surface area contributed by atoms with E-state index in [0.29, 0.717) is 6.54 Å². The van der Waals surface area contributed by atoms with Crippen molar-refractivity contribution in [3.8, 4) is 5.75 Å². The minimum Gasteiger partial charge on any atom is -0.497 e. The highest BCUT2D eigenvalue weighted by atomic mass is 79.9. The number of nitrogens with zero attached hydrogens (tertiary/aromatic N) is 1. The molecule has 16 heavy (non-hydrogen) atoms. The molecular formula is C10H14BrNO3S. The van der Waals surface area contributed by atoms with Gasteiger partial charge in [-0.15, -0.1) is 0 Å². The zero-order valence-electron chi connectivity index (χ0n) is 9.18. The molecule has 0 aliphatic heterocycles. The van der Waals surface area contributed by atoms with Crippen LogP contribution in [-0.2, 0) is 16.6 Å². The number of ether oxygens (including phenoxy) is 1. The second kappa shape index (κ2) is 5.65. The lowest BCUT2D eigenvalue weighted by molar-refractivity contribution is 0.412. The summed E-state index contributed by atoms with van der Waals surface area (Å²) in [6, 6.07) is 7.34. The molecule has 1 aromatic rings. The van der Waals surface area contributed by atoms with Crippen molar-refractivity contribution in [2.45, 2.75) is 6.54 Å². The lowest BCUT2D eigenvalue weighted by atomic mass is 10.2. The summed E-state index contributed by atoms with van der Waals surface area (Å²) in [4.78, 5) is 0. The van der Waals surface area contributed by atoms with Crippen molar-refractivity contribution in [1.29, 1.82) is 0 Å². The molecule has 0 radical (unpaired) electrons. The maximum Gasteiger partial charge on any atom is 0.224 e. The first-order valence-corrected chi connectivity index (χ1v) is 7.35. The van der Waals surface area contributed by atoms with Gasteiger partial charge in [-0.25, -0.2) is 8.42 Å². The van der Waals surface area contributed by atoms with Crippen molar-refractivity contribution in [1.82, 2.24) is 4.31 Å². The van der Waals surface area contributed by atoms with Gasteiger partial charge in [-0.3, -0.25) is 0 Å². The molecule has 0 aromatic heterocycles. The molecule has 0 bridgehead atoms. The van der Waals surface area contributed by atoms with E-state index in [2.05, 4.69) is 15.9 Å². The van der Waals surface area contributed by atoms with Crippen LogP contribution in [0.2, 0.25) is 0 Å². The van der Waals surface area contributed by atoms with E-state index < -0.39 is 10.0 Å². The van der Waals surface area contributed by atoms with Gasteiger partial charge in [-0.1, -0.05) is 28.1 Å². The number of benzene rings is 1.